The lowest BCUT2D eigenvalue weighted by Crippen LogP contribution is -2.28. The molecule has 0 aliphatic rings. The maximum atomic E-state index is 13.2. The number of hydrogen-bond acceptors (Lipinski definition) is 4. The van der Waals surface area contributed by atoms with Gasteiger partial charge in [-0.2, -0.15) is 0 Å². The Bertz CT molecular complexity index is 490. The Morgan fingerprint density at radius 3 is 2.60 bits per heavy atom. The van der Waals surface area contributed by atoms with Crippen molar-refractivity contribution in [2.75, 3.05) is 27.8 Å². The quantitative estimate of drug-likeness (QED) is 0.748. The second-order valence-corrected chi connectivity index (χ2v) is 4.25. The van der Waals surface area contributed by atoms with Crippen molar-refractivity contribution in [2.45, 2.75) is 12.8 Å². The van der Waals surface area contributed by atoms with Gasteiger partial charge in [0.2, 0.25) is 0 Å². The highest BCUT2D eigenvalue weighted by Gasteiger charge is 2.17. The van der Waals surface area contributed by atoms with E-state index in [0.29, 0.717) is 18.7 Å². The zero-order valence-corrected chi connectivity index (χ0v) is 11.8. The number of rotatable bonds is 6. The Hall–Kier alpha value is -2.11. The fourth-order valence-corrected chi connectivity index (χ4v) is 1.72. The number of amides is 1. The van der Waals surface area contributed by atoms with E-state index in [1.165, 1.54) is 31.3 Å². The first-order valence-electron chi connectivity index (χ1n) is 6.15. The van der Waals surface area contributed by atoms with Gasteiger partial charge >= 0.3 is 5.97 Å². The van der Waals surface area contributed by atoms with Crippen molar-refractivity contribution < 1.29 is 23.5 Å². The predicted molar refractivity (Wildman–Crippen MR) is 71.2 cm³/mol. The van der Waals surface area contributed by atoms with Crippen LogP contribution in [0, 0.1) is 5.82 Å². The van der Waals surface area contributed by atoms with Crippen molar-refractivity contribution in [1.82, 2.24) is 4.90 Å². The zero-order valence-electron chi connectivity index (χ0n) is 11.8. The molecule has 1 rings (SSSR count). The van der Waals surface area contributed by atoms with Gasteiger partial charge in [0.25, 0.3) is 5.91 Å². The largest absolute Gasteiger partial charge is 0.496 e. The van der Waals surface area contributed by atoms with Gasteiger partial charge in [-0.1, -0.05) is 0 Å². The van der Waals surface area contributed by atoms with E-state index in [1.807, 2.05) is 0 Å². The zero-order chi connectivity index (χ0) is 15.1. The molecule has 0 aliphatic carbocycles. The average Bonchev–Trinajstić information content (AvgIpc) is 2.45. The third kappa shape index (κ3) is 4.22. The van der Waals surface area contributed by atoms with Crippen LogP contribution >= 0.6 is 0 Å². The highest BCUT2D eigenvalue weighted by molar-refractivity contribution is 5.96. The highest BCUT2D eigenvalue weighted by atomic mass is 19.1. The van der Waals surface area contributed by atoms with E-state index in [9.17, 15) is 14.0 Å². The lowest BCUT2D eigenvalue weighted by molar-refractivity contribution is -0.140. The lowest BCUT2D eigenvalue weighted by atomic mass is 10.1. The number of benzene rings is 1. The lowest BCUT2D eigenvalue weighted by Gasteiger charge is -2.18. The van der Waals surface area contributed by atoms with Crippen LogP contribution in [0.15, 0.2) is 18.2 Å². The van der Waals surface area contributed by atoms with Gasteiger partial charge in [0.1, 0.15) is 11.6 Å². The second kappa shape index (κ2) is 7.47. The van der Waals surface area contributed by atoms with E-state index in [1.54, 1.807) is 7.05 Å². The Morgan fingerprint density at radius 2 is 2.00 bits per heavy atom. The summed E-state index contributed by atoms with van der Waals surface area (Å²) in [6.07, 6.45) is 0.709. The molecule has 110 valence electrons. The molecule has 0 atom stereocenters. The normalized spacial score (nSPS) is 10.0. The maximum absolute atomic E-state index is 13.2. The molecule has 0 heterocycles. The Kier molecular flexibility index (Phi) is 5.96. The molecule has 0 radical (unpaired) electrons. The van der Waals surface area contributed by atoms with Gasteiger partial charge in [-0.05, 0) is 24.6 Å². The molecular formula is C14H18FNO4. The molecule has 0 fully saturated rings. The Balaban J connectivity index is 2.69. The number of ether oxygens (including phenoxy) is 2. The number of carbonyl (C=O) groups excluding carboxylic acids is 2. The van der Waals surface area contributed by atoms with E-state index >= 15 is 0 Å². The Labute approximate surface area is 117 Å². The minimum atomic E-state index is -0.503. The number of esters is 1. The van der Waals surface area contributed by atoms with Crippen LogP contribution < -0.4 is 4.74 Å². The predicted octanol–water partition coefficient (Wildman–Crippen LogP) is 1.86. The van der Waals surface area contributed by atoms with Crippen LogP contribution in [0.1, 0.15) is 23.2 Å². The fourth-order valence-electron chi connectivity index (χ4n) is 1.72. The molecule has 0 bridgehead atoms. The summed E-state index contributed by atoms with van der Waals surface area (Å²) >= 11 is 0. The first-order valence-corrected chi connectivity index (χ1v) is 6.15. The highest BCUT2D eigenvalue weighted by Crippen LogP contribution is 2.20. The molecule has 0 saturated heterocycles. The molecule has 0 aromatic heterocycles. The number of methoxy groups -OCH3 is 2. The summed E-state index contributed by atoms with van der Waals surface area (Å²) in [6.45, 7) is 0.369. The van der Waals surface area contributed by atoms with Gasteiger partial charge in [0.15, 0.2) is 0 Å². The topological polar surface area (TPSA) is 55.8 Å². The molecule has 0 N–H and O–H groups in total. The standard InChI is InChI=1S/C14H18FNO4/c1-16(8-4-5-13(17)20-3)14(18)11-9-10(15)6-7-12(11)19-2/h6-7,9H,4-5,8H2,1-3H3. The number of nitrogens with zero attached hydrogens (tertiary/aromatic N) is 1. The van der Waals surface area contributed by atoms with Crippen molar-refractivity contribution in [3.05, 3.63) is 29.6 Å². The molecular weight excluding hydrogens is 265 g/mol. The number of carbonyl (C=O) groups is 2. The maximum Gasteiger partial charge on any atom is 0.305 e. The van der Waals surface area contributed by atoms with Gasteiger partial charge in [0.05, 0.1) is 19.8 Å². The second-order valence-electron chi connectivity index (χ2n) is 4.25. The van der Waals surface area contributed by atoms with Crippen LogP contribution in [0.5, 0.6) is 5.75 Å². The van der Waals surface area contributed by atoms with Crippen molar-refractivity contribution >= 4 is 11.9 Å². The van der Waals surface area contributed by atoms with Crippen molar-refractivity contribution in [3.8, 4) is 5.75 Å². The van der Waals surface area contributed by atoms with E-state index in [-0.39, 0.29) is 23.9 Å². The van der Waals surface area contributed by atoms with Crippen molar-refractivity contribution in [1.29, 1.82) is 0 Å². The van der Waals surface area contributed by atoms with Crippen LogP contribution in [0.25, 0.3) is 0 Å². The third-order valence-corrected chi connectivity index (χ3v) is 2.84. The summed E-state index contributed by atoms with van der Waals surface area (Å²) in [5, 5.41) is 0. The average molecular weight is 283 g/mol. The van der Waals surface area contributed by atoms with Crippen LogP contribution in [0.4, 0.5) is 4.39 Å². The van der Waals surface area contributed by atoms with Crippen LogP contribution in [-0.2, 0) is 9.53 Å². The van der Waals surface area contributed by atoms with Crippen LogP contribution in [0.3, 0.4) is 0 Å². The molecule has 6 heteroatoms. The molecule has 1 aromatic carbocycles. The summed E-state index contributed by atoms with van der Waals surface area (Å²) < 4.78 is 22.8. The summed E-state index contributed by atoms with van der Waals surface area (Å²) in [4.78, 5) is 24.6. The first kappa shape index (κ1) is 15.9. The molecule has 0 aliphatic heterocycles. The molecule has 5 nitrogen and oxygen atoms in total. The Morgan fingerprint density at radius 1 is 1.30 bits per heavy atom. The molecule has 0 unspecified atom stereocenters. The SMILES string of the molecule is COC(=O)CCCN(C)C(=O)c1cc(F)ccc1OC. The minimum Gasteiger partial charge on any atom is -0.496 e. The summed E-state index contributed by atoms with van der Waals surface area (Å²) in [5.74, 6) is -0.867. The van der Waals surface area contributed by atoms with E-state index in [2.05, 4.69) is 4.74 Å². The van der Waals surface area contributed by atoms with Crippen molar-refractivity contribution in [2.24, 2.45) is 0 Å². The van der Waals surface area contributed by atoms with E-state index < -0.39 is 5.82 Å². The fraction of sp³-hybridized carbons (Fsp3) is 0.429. The first-order chi connectivity index (χ1) is 9.49. The molecule has 0 spiro atoms. The third-order valence-electron chi connectivity index (χ3n) is 2.84. The summed E-state index contributed by atoms with van der Waals surface area (Å²) in [5.41, 5.74) is 0.160. The number of hydrogen-bond donors (Lipinski definition) is 0. The molecule has 1 amide bonds. The summed E-state index contributed by atoms with van der Waals surface area (Å²) in [6, 6.07) is 3.77. The van der Waals surface area contributed by atoms with Gasteiger partial charge in [0, 0.05) is 20.0 Å². The van der Waals surface area contributed by atoms with Crippen LogP contribution in [0.2, 0.25) is 0 Å². The van der Waals surface area contributed by atoms with Crippen molar-refractivity contribution in [3.63, 3.8) is 0 Å². The van der Waals surface area contributed by atoms with Gasteiger partial charge in [-0.3, -0.25) is 9.59 Å². The van der Waals surface area contributed by atoms with Gasteiger partial charge in [-0.15, -0.1) is 0 Å². The number of halogens is 1. The van der Waals surface area contributed by atoms with E-state index in [4.69, 9.17) is 4.74 Å². The van der Waals surface area contributed by atoms with Crippen LogP contribution in [-0.4, -0.2) is 44.6 Å². The monoisotopic (exact) mass is 283 g/mol. The minimum absolute atomic E-state index is 0.160. The summed E-state index contributed by atoms with van der Waals surface area (Å²) in [7, 11) is 4.32. The molecule has 0 saturated carbocycles. The van der Waals surface area contributed by atoms with E-state index in [0.717, 1.165) is 6.07 Å². The molecule has 20 heavy (non-hydrogen) atoms. The van der Waals surface area contributed by atoms with Gasteiger partial charge < -0.3 is 14.4 Å². The smallest absolute Gasteiger partial charge is 0.305 e. The van der Waals surface area contributed by atoms with Gasteiger partial charge in [-0.25, -0.2) is 4.39 Å². The molecule has 1 aromatic rings.